The minimum atomic E-state index is -2.26. The van der Waals surface area contributed by atoms with Crippen molar-refractivity contribution in [1.82, 2.24) is 18.9 Å². The minimum Gasteiger partial charge on any atom is -0.310 e. The van der Waals surface area contributed by atoms with Gasteiger partial charge in [-0.2, -0.15) is 0 Å². The third-order valence-electron chi connectivity index (χ3n) is 4.17. The number of benzene rings is 1. The highest BCUT2D eigenvalue weighted by atomic mass is 79.9. The molecule has 0 aliphatic carbocycles. The van der Waals surface area contributed by atoms with Gasteiger partial charge in [0.1, 0.15) is 0 Å². The maximum absolute atomic E-state index is 12.4. The van der Waals surface area contributed by atoms with Crippen molar-refractivity contribution in [3.05, 3.63) is 45.9 Å². The van der Waals surface area contributed by atoms with Gasteiger partial charge in [0, 0.05) is 48.7 Å². The van der Waals surface area contributed by atoms with Crippen LogP contribution in [0.25, 0.3) is 5.69 Å². The Morgan fingerprint density at radius 3 is 2.25 bits per heavy atom. The monoisotopic (exact) mass is 416 g/mol. The Morgan fingerprint density at radius 2 is 1.62 bits per heavy atom. The van der Waals surface area contributed by atoms with Crippen LogP contribution in [0.3, 0.4) is 0 Å². The van der Waals surface area contributed by atoms with Gasteiger partial charge in [-0.3, -0.25) is 14.4 Å². The van der Waals surface area contributed by atoms with Crippen LogP contribution in [0.15, 0.2) is 41.1 Å². The average Bonchev–Trinajstić information content (AvgIpc) is 2.91. The molecule has 0 radical (unpaired) electrons. The Hall–Kier alpha value is -1.09. The molecule has 0 saturated carbocycles. The predicted molar refractivity (Wildman–Crippen MR) is 96.3 cm³/mol. The molecule has 1 aromatic heterocycles. The Bertz CT molecular complexity index is 720. The van der Waals surface area contributed by atoms with E-state index >= 15 is 0 Å². The number of aromatic nitrogens is 2. The molecule has 3 rings (SSSR count). The van der Waals surface area contributed by atoms with E-state index in [-0.39, 0.29) is 6.54 Å². The van der Waals surface area contributed by atoms with Gasteiger partial charge in [0.15, 0.2) is 4.77 Å². The second kappa shape index (κ2) is 7.86. The van der Waals surface area contributed by atoms with Gasteiger partial charge in [-0.15, -0.1) is 0 Å². The zero-order chi connectivity index (χ0) is 17.1. The number of alkyl halides is 2. The topological polar surface area (TPSA) is 16.3 Å². The number of hydrogen-bond acceptors (Lipinski definition) is 3. The summed E-state index contributed by atoms with van der Waals surface area (Å²) in [6.45, 7) is 3.45. The fraction of sp³-hybridized carbons (Fsp3) is 0.438. The van der Waals surface area contributed by atoms with E-state index in [1.807, 2.05) is 50.7 Å². The van der Waals surface area contributed by atoms with Crippen LogP contribution in [0.1, 0.15) is 0 Å². The van der Waals surface area contributed by atoms with E-state index in [4.69, 9.17) is 12.2 Å². The maximum Gasteiger partial charge on any atom is 0.251 e. The summed E-state index contributed by atoms with van der Waals surface area (Å²) in [5.41, 5.74) is 1.02. The number of piperazine rings is 1. The average molecular weight is 417 g/mol. The summed E-state index contributed by atoms with van der Waals surface area (Å²) in [6.07, 6.45) is 1.67. The first-order valence-corrected chi connectivity index (χ1v) is 8.99. The zero-order valence-electron chi connectivity index (χ0n) is 13.1. The number of halogens is 3. The van der Waals surface area contributed by atoms with Crippen LogP contribution < -0.4 is 0 Å². The molecule has 0 atom stereocenters. The molecule has 0 amide bonds. The number of hydrogen-bond donors (Lipinski definition) is 0. The van der Waals surface area contributed by atoms with Crippen LogP contribution in [0.5, 0.6) is 0 Å². The van der Waals surface area contributed by atoms with Crippen LogP contribution in [-0.4, -0.2) is 58.1 Å². The first kappa shape index (κ1) is 17.7. The van der Waals surface area contributed by atoms with E-state index in [1.54, 1.807) is 0 Å². The first-order valence-electron chi connectivity index (χ1n) is 7.79. The maximum atomic E-state index is 12.4. The molecular formula is C16H19BrF2N4S. The van der Waals surface area contributed by atoms with Gasteiger partial charge in [-0.25, -0.2) is 8.78 Å². The molecule has 24 heavy (non-hydrogen) atoms. The molecule has 1 aliphatic heterocycles. The highest BCUT2D eigenvalue weighted by Crippen LogP contribution is 2.15. The first-order chi connectivity index (χ1) is 11.5. The van der Waals surface area contributed by atoms with Crippen LogP contribution in [0.4, 0.5) is 8.78 Å². The van der Waals surface area contributed by atoms with E-state index in [0.717, 1.165) is 28.0 Å². The molecule has 2 heterocycles. The lowest BCUT2D eigenvalue weighted by atomic mass is 10.3. The SMILES string of the molecule is FC(F)CN1CCN(Cn2ccn(-c3ccc(Br)cc3)c2=S)CC1. The number of imidazole rings is 1. The quantitative estimate of drug-likeness (QED) is 0.692. The predicted octanol–water partition coefficient (Wildman–Crippen LogP) is 3.61. The lowest BCUT2D eigenvalue weighted by molar-refractivity contribution is 0.0476. The Balaban J connectivity index is 1.63. The molecule has 0 unspecified atom stereocenters. The Kier molecular flexibility index (Phi) is 5.80. The number of rotatable bonds is 5. The molecule has 8 heteroatoms. The van der Waals surface area contributed by atoms with Crippen LogP contribution >= 0.6 is 28.1 Å². The summed E-state index contributed by atoms with van der Waals surface area (Å²) >= 11 is 9.00. The van der Waals surface area contributed by atoms with Gasteiger partial charge in [0.2, 0.25) is 0 Å². The summed E-state index contributed by atoms with van der Waals surface area (Å²) in [5.74, 6) is 0. The normalized spacial score (nSPS) is 16.8. The summed E-state index contributed by atoms with van der Waals surface area (Å²) in [5, 5.41) is 0. The summed E-state index contributed by atoms with van der Waals surface area (Å²) < 4.78 is 30.6. The molecular weight excluding hydrogens is 398 g/mol. The summed E-state index contributed by atoms with van der Waals surface area (Å²) in [7, 11) is 0. The van der Waals surface area contributed by atoms with E-state index in [0.29, 0.717) is 19.8 Å². The van der Waals surface area contributed by atoms with Crippen molar-refractivity contribution in [1.29, 1.82) is 0 Å². The molecule has 4 nitrogen and oxygen atoms in total. The summed E-state index contributed by atoms with van der Waals surface area (Å²) in [4.78, 5) is 4.05. The molecule has 0 N–H and O–H groups in total. The highest BCUT2D eigenvalue weighted by molar-refractivity contribution is 9.10. The van der Waals surface area contributed by atoms with Crippen molar-refractivity contribution in [2.45, 2.75) is 13.1 Å². The minimum absolute atomic E-state index is 0.132. The fourth-order valence-corrected chi connectivity index (χ4v) is 3.39. The molecule has 1 aromatic carbocycles. The van der Waals surface area contributed by atoms with Crippen LogP contribution in [0.2, 0.25) is 0 Å². The van der Waals surface area contributed by atoms with Crippen molar-refractivity contribution in [3.63, 3.8) is 0 Å². The zero-order valence-corrected chi connectivity index (χ0v) is 15.5. The van der Waals surface area contributed by atoms with E-state index in [1.165, 1.54) is 0 Å². The van der Waals surface area contributed by atoms with E-state index in [9.17, 15) is 8.78 Å². The molecule has 1 saturated heterocycles. The fourth-order valence-electron chi connectivity index (χ4n) is 2.84. The lowest BCUT2D eigenvalue weighted by Gasteiger charge is -2.34. The van der Waals surface area contributed by atoms with Crippen LogP contribution in [-0.2, 0) is 6.67 Å². The standard InChI is InChI=1S/C16H19BrF2N4S/c17-13-1-3-14(4-2-13)23-10-9-22(16(23)24)12-21-7-5-20(6-8-21)11-15(18)19/h1-4,9-10,15H,5-8,11-12H2. The van der Waals surface area contributed by atoms with Gasteiger partial charge in [-0.05, 0) is 36.5 Å². The second-order valence-corrected chi connectivity index (χ2v) is 7.13. The van der Waals surface area contributed by atoms with Crippen molar-refractivity contribution < 1.29 is 8.78 Å². The lowest BCUT2D eigenvalue weighted by Crippen LogP contribution is -2.47. The molecule has 2 aromatic rings. The van der Waals surface area contributed by atoms with Gasteiger partial charge in [0.05, 0.1) is 13.2 Å². The van der Waals surface area contributed by atoms with Crippen LogP contribution in [0, 0.1) is 4.77 Å². The molecule has 0 bridgehead atoms. The van der Waals surface area contributed by atoms with E-state index in [2.05, 4.69) is 20.8 Å². The molecule has 1 fully saturated rings. The Labute approximate surface area is 153 Å². The smallest absolute Gasteiger partial charge is 0.251 e. The van der Waals surface area contributed by atoms with Gasteiger partial charge >= 0.3 is 0 Å². The second-order valence-electron chi connectivity index (χ2n) is 5.85. The molecule has 1 aliphatic rings. The summed E-state index contributed by atoms with van der Waals surface area (Å²) in [6, 6.07) is 7.98. The third-order valence-corrected chi connectivity index (χ3v) is 5.13. The molecule has 130 valence electrons. The molecule has 0 spiro atoms. The van der Waals surface area contributed by atoms with Crippen molar-refractivity contribution in [3.8, 4) is 5.69 Å². The largest absolute Gasteiger partial charge is 0.310 e. The van der Waals surface area contributed by atoms with Gasteiger partial charge in [-0.1, -0.05) is 15.9 Å². The highest BCUT2D eigenvalue weighted by Gasteiger charge is 2.19. The van der Waals surface area contributed by atoms with Gasteiger partial charge in [0.25, 0.3) is 6.43 Å². The van der Waals surface area contributed by atoms with Crippen molar-refractivity contribution >= 4 is 28.1 Å². The third kappa shape index (κ3) is 4.30. The Morgan fingerprint density at radius 1 is 1.00 bits per heavy atom. The number of nitrogens with zero attached hydrogens (tertiary/aromatic N) is 4. The van der Waals surface area contributed by atoms with Crippen molar-refractivity contribution in [2.24, 2.45) is 0 Å². The van der Waals surface area contributed by atoms with E-state index < -0.39 is 6.43 Å². The van der Waals surface area contributed by atoms with Crippen molar-refractivity contribution in [2.75, 3.05) is 32.7 Å². The van der Waals surface area contributed by atoms with Gasteiger partial charge < -0.3 is 4.57 Å².